The number of rotatable bonds is 5. The van der Waals surface area contributed by atoms with Crippen molar-refractivity contribution in [3.63, 3.8) is 0 Å². The number of aromatic nitrogens is 1. The van der Waals surface area contributed by atoms with Crippen LogP contribution in [-0.4, -0.2) is 23.9 Å². The maximum absolute atomic E-state index is 11.5. The highest BCUT2D eigenvalue weighted by Gasteiger charge is 2.20. The third-order valence-electron chi connectivity index (χ3n) is 2.40. The van der Waals surface area contributed by atoms with Crippen LogP contribution in [0.25, 0.3) is 0 Å². The minimum Gasteiger partial charge on any atom is -0.309 e. The zero-order chi connectivity index (χ0) is 9.80. The number of carbonyl (C=O) groups is 1. The minimum atomic E-state index is 0.124. The molecule has 3 heteroatoms. The van der Waals surface area contributed by atoms with Crippen molar-refractivity contribution in [3.05, 3.63) is 30.1 Å². The number of ketones is 1. The quantitative estimate of drug-likeness (QED) is 0.711. The van der Waals surface area contributed by atoms with Gasteiger partial charge in [0, 0.05) is 18.0 Å². The SMILES string of the molecule is O=C(CNCC1CC1)c1cccnc1. The van der Waals surface area contributed by atoms with E-state index < -0.39 is 0 Å². The van der Waals surface area contributed by atoms with Gasteiger partial charge in [-0.05, 0) is 37.4 Å². The number of nitrogens with one attached hydrogen (secondary N) is 1. The summed E-state index contributed by atoms with van der Waals surface area (Å²) >= 11 is 0. The first-order chi connectivity index (χ1) is 6.86. The molecule has 1 heterocycles. The Balaban J connectivity index is 1.77. The molecule has 0 saturated heterocycles. The Morgan fingerprint density at radius 2 is 2.43 bits per heavy atom. The van der Waals surface area contributed by atoms with E-state index in [1.165, 1.54) is 12.8 Å². The smallest absolute Gasteiger partial charge is 0.178 e. The zero-order valence-electron chi connectivity index (χ0n) is 8.07. The predicted molar refractivity (Wildman–Crippen MR) is 54.2 cm³/mol. The molecule has 2 rings (SSSR count). The van der Waals surface area contributed by atoms with Gasteiger partial charge in [0.05, 0.1) is 6.54 Å². The summed E-state index contributed by atoms with van der Waals surface area (Å²) in [5.74, 6) is 0.940. The molecule has 74 valence electrons. The zero-order valence-corrected chi connectivity index (χ0v) is 8.07. The molecule has 3 nitrogen and oxygen atoms in total. The van der Waals surface area contributed by atoms with E-state index >= 15 is 0 Å². The summed E-state index contributed by atoms with van der Waals surface area (Å²) in [6.45, 7) is 1.41. The van der Waals surface area contributed by atoms with Gasteiger partial charge in [0.2, 0.25) is 0 Å². The number of pyridine rings is 1. The van der Waals surface area contributed by atoms with Gasteiger partial charge in [0.1, 0.15) is 0 Å². The molecule has 14 heavy (non-hydrogen) atoms. The molecule has 1 aromatic rings. The first-order valence-electron chi connectivity index (χ1n) is 5.00. The van der Waals surface area contributed by atoms with E-state index in [1.54, 1.807) is 24.5 Å². The molecule has 1 aliphatic rings. The highest BCUT2D eigenvalue weighted by molar-refractivity contribution is 5.97. The number of Topliss-reactive ketones (excluding diaryl/α,β-unsaturated/α-hetero) is 1. The van der Waals surface area contributed by atoms with Gasteiger partial charge in [0.15, 0.2) is 5.78 Å². The Morgan fingerprint density at radius 3 is 3.07 bits per heavy atom. The fourth-order valence-corrected chi connectivity index (χ4v) is 1.34. The minimum absolute atomic E-state index is 0.124. The van der Waals surface area contributed by atoms with E-state index in [0.29, 0.717) is 12.1 Å². The summed E-state index contributed by atoms with van der Waals surface area (Å²) in [4.78, 5) is 15.5. The molecule has 0 aromatic carbocycles. The number of hydrogen-bond acceptors (Lipinski definition) is 3. The van der Waals surface area contributed by atoms with Crippen molar-refractivity contribution >= 4 is 5.78 Å². The van der Waals surface area contributed by atoms with Gasteiger partial charge < -0.3 is 5.32 Å². The van der Waals surface area contributed by atoms with Gasteiger partial charge in [-0.2, -0.15) is 0 Å². The molecule has 0 spiro atoms. The van der Waals surface area contributed by atoms with Crippen LogP contribution in [0.2, 0.25) is 0 Å². The number of hydrogen-bond donors (Lipinski definition) is 1. The molecule has 0 unspecified atom stereocenters. The molecule has 1 fully saturated rings. The summed E-state index contributed by atoms with van der Waals surface area (Å²) in [7, 11) is 0. The first kappa shape index (κ1) is 9.34. The summed E-state index contributed by atoms with van der Waals surface area (Å²) in [6, 6.07) is 3.59. The molecule has 0 aliphatic heterocycles. The molecule has 0 atom stereocenters. The maximum Gasteiger partial charge on any atom is 0.178 e. The lowest BCUT2D eigenvalue weighted by molar-refractivity contribution is 0.0990. The topological polar surface area (TPSA) is 42.0 Å². The summed E-state index contributed by atoms with van der Waals surface area (Å²) in [5, 5.41) is 3.17. The van der Waals surface area contributed by atoms with Crippen molar-refractivity contribution in [1.82, 2.24) is 10.3 Å². The van der Waals surface area contributed by atoms with Crippen LogP contribution in [0.1, 0.15) is 23.2 Å². The predicted octanol–water partition coefficient (Wildman–Crippen LogP) is 1.26. The molecule has 1 aliphatic carbocycles. The lowest BCUT2D eigenvalue weighted by Crippen LogP contribution is -2.25. The van der Waals surface area contributed by atoms with Gasteiger partial charge in [-0.15, -0.1) is 0 Å². The fraction of sp³-hybridized carbons (Fsp3) is 0.455. The summed E-state index contributed by atoms with van der Waals surface area (Å²) in [5.41, 5.74) is 0.691. The molecular formula is C11H14N2O. The lowest BCUT2D eigenvalue weighted by atomic mass is 10.2. The third-order valence-corrected chi connectivity index (χ3v) is 2.40. The van der Waals surface area contributed by atoms with Gasteiger partial charge in [-0.1, -0.05) is 0 Å². The maximum atomic E-state index is 11.5. The van der Waals surface area contributed by atoms with Crippen molar-refractivity contribution in [2.75, 3.05) is 13.1 Å². The van der Waals surface area contributed by atoms with Crippen LogP contribution in [0.3, 0.4) is 0 Å². The molecule has 0 radical (unpaired) electrons. The first-order valence-corrected chi connectivity index (χ1v) is 5.00. The van der Waals surface area contributed by atoms with E-state index in [4.69, 9.17) is 0 Å². The summed E-state index contributed by atoms with van der Waals surface area (Å²) < 4.78 is 0. The summed E-state index contributed by atoms with van der Waals surface area (Å²) in [6.07, 6.45) is 5.91. The normalized spacial score (nSPS) is 15.4. The van der Waals surface area contributed by atoms with E-state index in [1.807, 2.05) is 0 Å². The van der Waals surface area contributed by atoms with Crippen molar-refractivity contribution in [2.45, 2.75) is 12.8 Å². The molecule has 0 amide bonds. The van der Waals surface area contributed by atoms with Crippen molar-refractivity contribution in [2.24, 2.45) is 5.92 Å². The third kappa shape index (κ3) is 2.64. The second kappa shape index (κ2) is 4.33. The van der Waals surface area contributed by atoms with Crippen LogP contribution in [-0.2, 0) is 0 Å². The van der Waals surface area contributed by atoms with Crippen LogP contribution >= 0.6 is 0 Å². The molecule has 1 aromatic heterocycles. The van der Waals surface area contributed by atoms with Crippen molar-refractivity contribution in [1.29, 1.82) is 0 Å². The highest BCUT2D eigenvalue weighted by Crippen LogP contribution is 2.27. The standard InChI is InChI=1S/C11H14N2O/c14-11(8-13-6-9-3-4-9)10-2-1-5-12-7-10/h1-2,5,7,9,13H,3-4,6,8H2. The van der Waals surface area contributed by atoms with Crippen molar-refractivity contribution in [3.8, 4) is 0 Å². The Bertz CT molecular complexity index is 306. The van der Waals surface area contributed by atoms with Gasteiger partial charge in [-0.25, -0.2) is 0 Å². The van der Waals surface area contributed by atoms with E-state index in [-0.39, 0.29) is 5.78 Å². The van der Waals surface area contributed by atoms with Crippen LogP contribution in [0.15, 0.2) is 24.5 Å². The van der Waals surface area contributed by atoms with Gasteiger partial charge >= 0.3 is 0 Å². The number of nitrogens with zero attached hydrogens (tertiary/aromatic N) is 1. The van der Waals surface area contributed by atoms with E-state index in [2.05, 4.69) is 10.3 Å². The molecule has 0 bridgehead atoms. The van der Waals surface area contributed by atoms with Crippen LogP contribution < -0.4 is 5.32 Å². The Kier molecular flexibility index (Phi) is 2.89. The molecular weight excluding hydrogens is 176 g/mol. The van der Waals surface area contributed by atoms with Crippen LogP contribution in [0.4, 0.5) is 0 Å². The van der Waals surface area contributed by atoms with Crippen LogP contribution in [0.5, 0.6) is 0 Å². The van der Waals surface area contributed by atoms with Gasteiger partial charge in [-0.3, -0.25) is 9.78 Å². The largest absolute Gasteiger partial charge is 0.309 e. The number of carbonyl (C=O) groups excluding carboxylic acids is 1. The van der Waals surface area contributed by atoms with Crippen LogP contribution in [0, 0.1) is 5.92 Å². The van der Waals surface area contributed by atoms with Crippen molar-refractivity contribution < 1.29 is 4.79 Å². The molecule has 1 saturated carbocycles. The average molecular weight is 190 g/mol. The molecule has 1 N–H and O–H groups in total. The highest BCUT2D eigenvalue weighted by atomic mass is 16.1. The lowest BCUT2D eigenvalue weighted by Gasteiger charge is -2.02. The fourth-order valence-electron chi connectivity index (χ4n) is 1.34. The van der Waals surface area contributed by atoms with E-state index in [0.717, 1.165) is 12.5 Å². The Hall–Kier alpha value is -1.22. The second-order valence-corrected chi connectivity index (χ2v) is 3.74. The Labute approximate surface area is 83.5 Å². The average Bonchev–Trinajstić information content (AvgIpc) is 3.03. The van der Waals surface area contributed by atoms with E-state index in [9.17, 15) is 4.79 Å². The second-order valence-electron chi connectivity index (χ2n) is 3.74. The Morgan fingerprint density at radius 1 is 1.57 bits per heavy atom. The van der Waals surface area contributed by atoms with Gasteiger partial charge in [0.25, 0.3) is 0 Å². The monoisotopic (exact) mass is 190 g/mol.